The molecule has 0 saturated heterocycles. The van der Waals surface area contributed by atoms with E-state index in [0.29, 0.717) is 0 Å². The summed E-state index contributed by atoms with van der Waals surface area (Å²) in [5.74, 6) is 0.854. The fraction of sp³-hybridized carbons (Fsp3) is 0.214. The van der Waals surface area contributed by atoms with E-state index in [1.807, 2.05) is 13.0 Å². The molecule has 0 aliphatic rings. The zero-order chi connectivity index (χ0) is 12.4. The van der Waals surface area contributed by atoms with E-state index in [4.69, 9.17) is 4.52 Å². The third-order valence-electron chi connectivity index (χ3n) is 2.86. The first kappa shape index (κ1) is 11.4. The van der Waals surface area contributed by atoms with Gasteiger partial charge in [-0.1, -0.05) is 23.4 Å². The second-order valence-electron chi connectivity index (χ2n) is 4.29. The van der Waals surface area contributed by atoms with Gasteiger partial charge in [-0.3, -0.25) is 0 Å². The molecular weight excluding hydrogens is 244 g/mol. The SMILES string of the molecule is Cc1cc(CNCc2csc3ccccc23)no1. The Morgan fingerprint density at radius 3 is 3.00 bits per heavy atom. The third-order valence-corrected chi connectivity index (χ3v) is 3.87. The van der Waals surface area contributed by atoms with Crippen LogP contribution in [0.2, 0.25) is 0 Å². The lowest BCUT2D eigenvalue weighted by atomic mass is 10.2. The van der Waals surface area contributed by atoms with Crippen molar-refractivity contribution in [1.29, 1.82) is 0 Å². The summed E-state index contributed by atoms with van der Waals surface area (Å²) in [5, 5.41) is 10.9. The van der Waals surface area contributed by atoms with E-state index in [0.717, 1.165) is 24.5 Å². The molecule has 18 heavy (non-hydrogen) atoms. The maximum absolute atomic E-state index is 5.03. The summed E-state index contributed by atoms with van der Waals surface area (Å²) >= 11 is 1.79. The second kappa shape index (κ2) is 4.92. The Bertz CT molecular complexity index is 656. The molecule has 0 saturated carbocycles. The van der Waals surface area contributed by atoms with Gasteiger partial charge in [-0.25, -0.2) is 0 Å². The van der Waals surface area contributed by atoms with Gasteiger partial charge in [0, 0.05) is 23.9 Å². The molecular formula is C14H14N2OS. The van der Waals surface area contributed by atoms with Crippen molar-refractivity contribution >= 4 is 21.4 Å². The number of hydrogen-bond acceptors (Lipinski definition) is 4. The quantitative estimate of drug-likeness (QED) is 0.778. The Morgan fingerprint density at radius 2 is 2.17 bits per heavy atom. The zero-order valence-electron chi connectivity index (χ0n) is 10.1. The summed E-state index contributed by atoms with van der Waals surface area (Å²) in [4.78, 5) is 0. The van der Waals surface area contributed by atoms with Crippen LogP contribution in [0.25, 0.3) is 10.1 Å². The zero-order valence-corrected chi connectivity index (χ0v) is 11.0. The van der Waals surface area contributed by atoms with Crippen LogP contribution in [0.4, 0.5) is 0 Å². The molecule has 0 aliphatic heterocycles. The lowest BCUT2D eigenvalue weighted by Gasteiger charge is -2.01. The second-order valence-corrected chi connectivity index (χ2v) is 5.20. The summed E-state index contributed by atoms with van der Waals surface area (Å²) in [7, 11) is 0. The van der Waals surface area contributed by atoms with Crippen molar-refractivity contribution in [1.82, 2.24) is 10.5 Å². The molecule has 2 aromatic heterocycles. The Balaban J connectivity index is 1.66. The van der Waals surface area contributed by atoms with Gasteiger partial charge in [0.2, 0.25) is 0 Å². The summed E-state index contributed by atoms with van der Waals surface area (Å²) in [5.41, 5.74) is 2.29. The molecule has 0 spiro atoms. The van der Waals surface area contributed by atoms with Crippen molar-refractivity contribution in [3.8, 4) is 0 Å². The minimum absolute atomic E-state index is 0.738. The highest BCUT2D eigenvalue weighted by Crippen LogP contribution is 2.25. The third kappa shape index (κ3) is 2.30. The fourth-order valence-corrected chi connectivity index (χ4v) is 2.96. The van der Waals surface area contributed by atoms with Gasteiger partial charge in [0.15, 0.2) is 0 Å². The summed E-state index contributed by atoms with van der Waals surface area (Å²) in [6.45, 7) is 3.50. The van der Waals surface area contributed by atoms with Crippen molar-refractivity contribution in [3.05, 3.63) is 52.7 Å². The number of benzene rings is 1. The van der Waals surface area contributed by atoms with Crippen LogP contribution in [0.5, 0.6) is 0 Å². The molecule has 0 radical (unpaired) electrons. The van der Waals surface area contributed by atoms with Crippen LogP contribution >= 0.6 is 11.3 Å². The summed E-state index contributed by atoms with van der Waals surface area (Å²) in [6.07, 6.45) is 0. The molecule has 0 amide bonds. The number of thiophene rings is 1. The molecule has 0 fully saturated rings. The standard InChI is InChI=1S/C14H14N2OS/c1-10-6-12(16-17-10)8-15-7-11-9-18-14-5-3-2-4-13(11)14/h2-6,9,15H,7-8H2,1H3. The van der Waals surface area contributed by atoms with Gasteiger partial charge in [-0.15, -0.1) is 11.3 Å². The number of aromatic nitrogens is 1. The van der Waals surface area contributed by atoms with E-state index in [2.05, 4.69) is 40.1 Å². The molecule has 3 nitrogen and oxygen atoms in total. The average molecular weight is 258 g/mol. The molecule has 3 aromatic rings. The predicted octanol–water partition coefficient (Wildman–Crippen LogP) is 3.49. The number of nitrogens with zero attached hydrogens (tertiary/aromatic N) is 1. The van der Waals surface area contributed by atoms with Crippen LogP contribution in [0.15, 0.2) is 40.2 Å². The Hall–Kier alpha value is -1.65. The van der Waals surface area contributed by atoms with Crippen LogP contribution in [-0.2, 0) is 13.1 Å². The van der Waals surface area contributed by atoms with Crippen LogP contribution in [0, 0.1) is 6.92 Å². The van der Waals surface area contributed by atoms with E-state index in [1.54, 1.807) is 11.3 Å². The molecule has 1 N–H and O–H groups in total. The summed E-state index contributed by atoms with van der Waals surface area (Å²) < 4.78 is 6.37. The number of rotatable bonds is 4. The lowest BCUT2D eigenvalue weighted by molar-refractivity contribution is 0.388. The Morgan fingerprint density at radius 1 is 1.28 bits per heavy atom. The van der Waals surface area contributed by atoms with Gasteiger partial charge in [0.1, 0.15) is 5.76 Å². The van der Waals surface area contributed by atoms with E-state index in [-0.39, 0.29) is 0 Å². The average Bonchev–Trinajstić information content (AvgIpc) is 2.97. The van der Waals surface area contributed by atoms with E-state index >= 15 is 0 Å². The Kier molecular flexibility index (Phi) is 3.13. The number of fused-ring (bicyclic) bond motifs is 1. The minimum atomic E-state index is 0.738. The molecule has 92 valence electrons. The molecule has 4 heteroatoms. The number of nitrogens with one attached hydrogen (secondary N) is 1. The molecule has 2 heterocycles. The first-order valence-corrected chi connectivity index (χ1v) is 6.79. The normalized spacial score (nSPS) is 11.2. The van der Waals surface area contributed by atoms with Crippen molar-refractivity contribution in [3.63, 3.8) is 0 Å². The van der Waals surface area contributed by atoms with Crippen LogP contribution in [0.3, 0.4) is 0 Å². The van der Waals surface area contributed by atoms with Gasteiger partial charge in [-0.2, -0.15) is 0 Å². The first-order chi connectivity index (χ1) is 8.83. The van der Waals surface area contributed by atoms with Gasteiger partial charge in [0.05, 0.1) is 5.69 Å². The number of aryl methyl sites for hydroxylation is 1. The van der Waals surface area contributed by atoms with E-state index in [9.17, 15) is 0 Å². The maximum atomic E-state index is 5.03. The van der Waals surface area contributed by atoms with Crippen LogP contribution in [-0.4, -0.2) is 5.16 Å². The van der Waals surface area contributed by atoms with E-state index in [1.165, 1.54) is 15.6 Å². The fourth-order valence-electron chi connectivity index (χ4n) is 2.00. The van der Waals surface area contributed by atoms with Gasteiger partial charge in [-0.05, 0) is 29.3 Å². The van der Waals surface area contributed by atoms with Crippen molar-refractivity contribution in [2.75, 3.05) is 0 Å². The number of hydrogen-bond donors (Lipinski definition) is 1. The molecule has 0 aliphatic carbocycles. The highest BCUT2D eigenvalue weighted by atomic mass is 32.1. The lowest BCUT2D eigenvalue weighted by Crippen LogP contribution is -2.12. The molecule has 3 rings (SSSR count). The predicted molar refractivity (Wildman–Crippen MR) is 73.6 cm³/mol. The van der Waals surface area contributed by atoms with Crippen molar-refractivity contribution < 1.29 is 4.52 Å². The van der Waals surface area contributed by atoms with Gasteiger partial charge < -0.3 is 9.84 Å². The minimum Gasteiger partial charge on any atom is -0.361 e. The molecule has 0 unspecified atom stereocenters. The Labute approximate surface area is 109 Å². The molecule has 0 bridgehead atoms. The monoisotopic (exact) mass is 258 g/mol. The van der Waals surface area contributed by atoms with Crippen LogP contribution in [0.1, 0.15) is 17.0 Å². The van der Waals surface area contributed by atoms with Crippen LogP contribution < -0.4 is 5.32 Å². The largest absolute Gasteiger partial charge is 0.361 e. The van der Waals surface area contributed by atoms with Crippen molar-refractivity contribution in [2.24, 2.45) is 0 Å². The molecule has 1 aromatic carbocycles. The summed E-state index contributed by atoms with van der Waals surface area (Å²) in [6, 6.07) is 10.4. The van der Waals surface area contributed by atoms with E-state index < -0.39 is 0 Å². The van der Waals surface area contributed by atoms with Gasteiger partial charge in [0.25, 0.3) is 0 Å². The van der Waals surface area contributed by atoms with Crippen molar-refractivity contribution in [2.45, 2.75) is 20.0 Å². The maximum Gasteiger partial charge on any atom is 0.133 e. The smallest absolute Gasteiger partial charge is 0.133 e. The molecule has 0 atom stereocenters. The highest BCUT2D eigenvalue weighted by Gasteiger charge is 2.04. The topological polar surface area (TPSA) is 38.1 Å². The first-order valence-electron chi connectivity index (χ1n) is 5.91. The van der Waals surface area contributed by atoms with Gasteiger partial charge >= 0.3 is 0 Å². The highest BCUT2D eigenvalue weighted by molar-refractivity contribution is 7.17.